The molecule has 57 heavy (non-hydrogen) atoms. The molecule has 0 atom stereocenters. The van der Waals surface area contributed by atoms with Crippen molar-refractivity contribution in [3.05, 3.63) is 206 Å². The van der Waals surface area contributed by atoms with Crippen molar-refractivity contribution in [3.63, 3.8) is 0 Å². The molecule has 0 aliphatic rings. The van der Waals surface area contributed by atoms with Gasteiger partial charge in [0.25, 0.3) is 0 Å². The molecule has 1 aromatic heterocycles. The molecule has 0 saturated heterocycles. The zero-order valence-corrected chi connectivity index (χ0v) is 29.4. The molecule has 12 rings (SSSR count). The van der Waals surface area contributed by atoms with Crippen molar-refractivity contribution < 1.29 is 33.2 Å². The van der Waals surface area contributed by atoms with Gasteiger partial charge in [0.05, 0.1) is 28.8 Å². The van der Waals surface area contributed by atoms with E-state index < -0.39 is 192 Å². The first-order valence-corrected chi connectivity index (χ1v) is 18.0. The van der Waals surface area contributed by atoms with Crippen molar-refractivity contribution in [3.8, 4) is 44.5 Å². The fourth-order valence-corrected chi connectivity index (χ4v) is 7.85. The highest BCUT2D eigenvalue weighted by atomic mass is 16.3. The van der Waals surface area contributed by atoms with E-state index in [0.717, 1.165) is 27.3 Å². The maximum atomic E-state index is 10.0. The molecule has 0 N–H and O–H groups in total. The molecule has 0 amide bonds. The third-order valence-corrected chi connectivity index (χ3v) is 10.4. The number of furan rings is 1. The highest BCUT2D eigenvalue weighted by molar-refractivity contribution is 6.24. The predicted octanol–water partition coefficient (Wildman–Crippen LogP) is 16.0. The minimum absolute atomic E-state index is 0.167. The van der Waals surface area contributed by atoms with Gasteiger partial charge in [-0.1, -0.05) is 169 Å². The SMILES string of the molecule is [2H]c1c([2H])c([2H])c2c([2H])c(-c3c4c([2H])c([2H])c([2H])c([2H])c4c(-c4c([2H])c([2H])c([2H])c5c([2H])c([2H])c(-c6ccc7c(c6)oc6ccc(-c8cccc9ccccc89)cc67)c([2H])c45)c4c([2H])c([2H])c([2H])c([2H])c34)c([2H])c([2H])c2c1[2H]. The van der Waals surface area contributed by atoms with Crippen LogP contribution in [-0.4, -0.2) is 0 Å². The third-order valence-electron chi connectivity index (χ3n) is 10.4. The fraction of sp³-hybridized carbons (Fsp3) is 0. The van der Waals surface area contributed by atoms with Crippen molar-refractivity contribution >= 4 is 75.8 Å². The van der Waals surface area contributed by atoms with E-state index in [4.69, 9.17) is 19.5 Å². The summed E-state index contributed by atoms with van der Waals surface area (Å²) in [6, 6.07) is 7.35. The van der Waals surface area contributed by atoms with Crippen LogP contribution in [0.15, 0.2) is 210 Å². The van der Waals surface area contributed by atoms with Crippen LogP contribution < -0.4 is 0 Å². The minimum atomic E-state index is -0.910. The van der Waals surface area contributed by atoms with E-state index in [-0.39, 0.29) is 11.1 Å². The minimum Gasteiger partial charge on any atom is -0.456 e. The second kappa shape index (κ2) is 12.5. The monoisotopic (exact) mass is 743 g/mol. The normalized spacial score (nSPS) is 17.0. The van der Waals surface area contributed by atoms with Crippen LogP contribution in [0.1, 0.15) is 28.8 Å². The second-order valence-electron chi connectivity index (χ2n) is 13.6. The standard InChI is InChI=1S/C56H34O/c1-2-13-38-31-42(26-23-35(38)11-1)55-46-17-5-7-19-48(46)56(49-20-8-6-18-47(49)55)50-22-10-15-37-24-25-39(32-51(37)50)40-27-29-45-52-33-41(28-30-53(52)57-54(45)34-40)44-21-9-14-36-12-3-4-16-43(36)44/h1-34H/i1D,2D,5D,6D,7D,8D,10D,11D,13D,15D,17D,18D,19D,20D,22D,23D,24D,25D,26D,31D,32D. The molecule has 12 aromatic rings. The number of hydrogen-bond donors (Lipinski definition) is 0. The van der Waals surface area contributed by atoms with E-state index >= 15 is 0 Å². The molecule has 11 aromatic carbocycles. The van der Waals surface area contributed by atoms with Gasteiger partial charge < -0.3 is 4.42 Å². The molecule has 0 aliphatic carbocycles. The van der Waals surface area contributed by atoms with Crippen LogP contribution >= 0.6 is 0 Å². The van der Waals surface area contributed by atoms with Crippen LogP contribution in [-0.2, 0) is 0 Å². The molecule has 0 saturated carbocycles. The van der Waals surface area contributed by atoms with Crippen molar-refractivity contribution in [1.29, 1.82) is 0 Å². The van der Waals surface area contributed by atoms with Gasteiger partial charge in [-0.3, -0.25) is 0 Å². The summed E-state index contributed by atoms with van der Waals surface area (Å²) in [6.07, 6.45) is 0. The summed E-state index contributed by atoms with van der Waals surface area (Å²) in [5.41, 5.74) is 0.211. The molecule has 0 spiro atoms. The number of hydrogen-bond acceptors (Lipinski definition) is 1. The van der Waals surface area contributed by atoms with Gasteiger partial charge in [0.2, 0.25) is 0 Å². The lowest BCUT2D eigenvalue weighted by atomic mass is 9.84. The maximum absolute atomic E-state index is 10.0. The molecule has 1 heteroatoms. The van der Waals surface area contributed by atoms with Gasteiger partial charge in [-0.15, -0.1) is 0 Å². The highest BCUT2D eigenvalue weighted by Crippen LogP contribution is 2.46. The summed E-state index contributed by atoms with van der Waals surface area (Å²) >= 11 is 0. The van der Waals surface area contributed by atoms with Crippen LogP contribution in [0.4, 0.5) is 0 Å². The quantitative estimate of drug-likeness (QED) is 0.164. The summed E-state index contributed by atoms with van der Waals surface area (Å²) in [7, 11) is 0. The number of rotatable bonds is 4. The lowest BCUT2D eigenvalue weighted by molar-refractivity contribution is 0.669. The molecular formula is C56H34O. The summed E-state index contributed by atoms with van der Waals surface area (Å²) in [5.74, 6) is 0. The van der Waals surface area contributed by atoms with Crippen molar-refractivity contribution in [2.75, 3.05) is 0 Å². The number of fused-ring (bicyclic) bond motifs is 8. The topological polar surface area (TPSA) is 13.1 Å². The van der Waals surface area contributed by atoms with E-state index in [0.29, 0.717) is 16.6 Å². The van der Waals surface area contributed by atoms with Gasteiger partial charge in [0.15, 0.2) is 0 Å². The average molecular weight is 744 g/mol. The Morgan fingerprint density at radius 1 is 0.316 bits per heavy atom. The zero-order valence-electron chi connectivity index (χ0n) is 50.4. The first-order valence-electron chi connectivity index (χ1n) is 28.5. The lowest BCUT2D eigenvalue weighted by Gasteiger charge is -2.19. The Morgan fingerprint density at radius 2 is 1.00 bits per heavy atom. The summed E-state index contributed by atoms with van der Waals surface area (Å²) in [6.45, 7) is 0. The molecule has 0 radical (unpaired) electrons. The zero-order chi connectivity index (χ0) is 55.7. The second-order valence-corrected chi connectivity index (χ2v) is 13.6. The van der Waals surface area contributed by atoms with Crippen molar-refractivity contribution in [2.45, 2.75) is 0 Å². The van der Waals surface area contributed by atoms with Crippen LogP contribution in [0.5, 0.6) is 0 Å². The van der Waals surface area contributed by atoms with E-state index in [1.807, 2.05) is 60.7 Å². The molecule has 1 nitrogen and oxygen atoms in total. The molecule has 0 unspecified atom stereocenters. The Bertz CT molecular complexity index is 4730. The molecule has 0 bridgehead atoms. The lowest BCUT2D eigenvalue weighted by Crippen LogP contribution is -1.92. The first-order chi connectivity index (χ1) is 37.0. The number of benzene rings is 11. The van der Waals surface area contributed by atoms with Crippen molar-refractivity contribution in [2.24, 2.45) is 0 Å². The van der Waals surface area contributed by atoms with Gasteiger partial charge in [-0.25, -0.2) is 0 Å². The molecule has 0 aliphatic heterocycles. The fourth-order valence-electron chi connectivity index (χ4n) is 7.85. The summed E-state index contributed by atoms with van der Waals surface area (Å²) < 4.78 is 200. The Morgan fingerprint density at radius 3 is 1.84 bits per heavy atom. The Labute approximate surface area is 359 Å². The van der Waals surface area contributed by atoms with E-state index in [1.165, 1.54) is 0 Å². The van der Waals surface area contributed by atoms with Gasteiger partial charge >= 0.3 is 0 Å². The van der Waals surface area contributed by atoms with Gasteiger partial charge in [-0.05, 0) is 135 Å². The molecule has 264 valence electrons. The molecule has 0 fully saturated rings. The smallest absolute Gasteiger partial charge is 0.136 e. The third kappa shape index (κ3) is 5.03. The molecule has 1 heterocycles. The highest BCUT2D eigenvalue weighted by Gasteiger charge is 2.19. The van der Waals surface area contributed by atoms with Crippen LogP contribution in [0, 0.1) is 0 Å². The summed E-state index contributed by atoms with van der Waals surface area (Å²) in [5, 5.41) is -1.04. The van der Waals surface area contributed by atoms with Gasteiger partial charge in [0, 0.05) is 10.8 Å². The van der Waals surface area contributed by atoms with Crippen LogP contribution in [0.25, 0.3) is 120 Å². The molecular weight excluding hydrogens is 689 g/mol. The Balaban J connectivity index is 1.23. The van der Waals surface area contributed by atoms with Gasteiger partial charge in [-0.2, -0.15) is 0 Å². The summed E-state index contributed by atoms with van der Waals surface area (Å²) in [4.78, 5) is 0. The first kappa shape index (κ1) is 17.5. The van der Waals surface area contributed by atoms with E-state index in [1.54, 1.807) is 18.2 Å². The average Bonchev–Trinajstić information content (AvgIpc) is 3.56. The maximum Gasteiger partial charge on any atom is 0.136 e. The predicted molar refractivity (Wildman–Crippen MR) is 243 cm³/mol. The van der Waals surface area contributed by atoms with E-state index in [2.05, 4.69) is 0 Å². The Hall–Kier alpha value is -7.48. The van der Waals surface area contributed by atoms with E-state index in [9.17, 15) is 13.7 Å². The Kier molecular flexibility index (Phi) is 3.86. The van der Waals surface area contributed by atoms with Crippen LogP contribution in [0.3, 0.4) is 0 Å². The van der Waals surface area contributed by atoms with Gasteiger partial charge in [0.1, 0.15) is 11.2 Å². The van der Waals surface area contributed by atoms with Crippen LogP contribution in [0.2, 0.25) is 0 Å². The van der Waals surface area contributed by atoms with Crippen molar-refractivity contribution in [1.82, 2.24) is 0 Å². The largest absolute Gasteiger partial charge is 0.456 e.